The van der Waals surface area contributed by atoms with E-state index in [0.717, 1.165) is 31.6 Å². The zero-order valence-corrected chi connectivity index (χ0v) is 19.4. The average Bonchev–Trinajstić information content (AvgIpc) is 2.63. The van der Waals surface area contributed by atoms with Crippen molar-refractivity contribution in [3.63, 3.8) is 0 Å². The number of rotatable bonds is 17. The van der Waals surface area contributed by atoms with E-state index in [-0.39, 0.29) is 5.38 Å². The molecule has 156 valence electrons. The van der Waals surface area contributed by atoms with Crippen LogP contribution in [0.2, 0.25) is 0 Å². The highest BCUT2D eigenvalue weighted by Gasteiger charge is 2.35. The summed E-state index contributed by atoms with van der Waals surface area (Å²) in [7, 11) is 0. The van der Waals surface area contributed by atoms with E-state index >= 15 is 0 Å². The lowest BCUT2D eigenvalue weighted by molar-refractivity contribution is -0.141. The second kappa shape index (κ2) is 16.8. The summed E-state index contributed by atoms with van der Waals surface area (Å²) in [6.45, 7) is 1.53. The van der Waals surface area contributed by atoms with E-state index in [9.17, 15) is 4.79 Å². The Kier molecular flexibility index (Phi) is 17.4. The Morgan fingerprint density at radius 2 is 1.15 bits per heavy atom. The molecule has 0 aliphatic heterocycles. The molecule has 0 aliphatic carbocycles. The van der Waals surface area contributed by atoms with E-state index in [1.165, 1.54) is 51.9 Å². The molecule has 0 amide bonds. The zero-order valence-electron chi connectivity index (χ0n) is 15.6. The van der Waals surface area contributed by atoms with Gasteiger partial charge in [0.2, 0.25) is 0 Å². The fourth-order valence-corrected chi connectivity index (χ4v) is 4.38. The molecule has 0 fully saturated rings. The summed E-state index contributed by atoms with van der Waals surface area (Å²) in [5, 5.41) is 6.74. The molecule has 0 heterocycles. The average molecular weight is 471 g/mol. The molecule has 0 aliphatic rings. The molecule has 0 saturated heterocycles. The van der Waals surface area contributed by atoms with Gasteiger partial charge in [-0.25, -0.2) is 0 Å². The molecule has 5 atom stereocenters. The monoisotopic (exact) mass is 468 g/mol. The minimum atomic E-state index is -0.982. The number of carboxylic acid groups (broad SMARTS) is 1. The van der Waals surface area contributed by atoms with Gasteiger partial charge in [0.1, 0.15) is 0 Å². The Labute approximate surface area is 184 Å². The number of hydrogen-bond donors (Lipinski definition) is 1. The maximum Gasteiger partial charge on any atom is 0.307 e. The van der Waals surface area contributed by atoms with Crippen molar-refractivity contribution in [3.05, 3.63) is 0 Å². The smallest absolute Gasteiger partial charge is 0.307 e. The molecule has 1 N–H and O–H groups in total. The summed E-state index contributed by atoms with van der Waals surface area (Å²) in [6, 6.07) is 0. The molecule has 7 heteroatoms. The van der Waals surface area contributed by atoms with Gasteiger partial charge in [-0.15, -0.1) is 58.0 Å². The molecule has 0 bridgehead atoms. The predicted octanol–water partition coefficient (Wildman–Crippen LogP) is 7.67. The lowest BCUT2D eigenvalue weighted by atomic mass is 9.99. The van der Waals surface area contributed by atoms with Gasteiger partial charge in [0.05, 0.1) is 27.4 Å². The van der Waals surface area contributed by atoms with E-state index in [4.69, 9.17) is 63.1 Å². The van der Waals surface area contributed by atoms with Crippen LogP contribution in [-0.2, 0) is 4.79 Å². The molecular weight excluding hydrogens is 437 g/mol. The van der Waals surface area contributed by atoms with E-state index in [2.05, 4.69) is 0 Å². The second-order valence-corrected chi connectivity index (χ2v) is 9.44. The second-order valence-electron chi connectivity index (χ2n) is 6.99. The van der Waals surface area contributed by atoms with Crippen molar-refractivity contribution in [2.24, 2.45) is 5.92 Å². The molecule has 0 aromatic rings. The van der Waals surface area contributed by atoms with Crippen LogP contribution < -0.4 is 0 Å². The molecule has 0 spiro atoms. The van der Waals surface area contributed by atoms with E-state index in [1.807, 2.05) is 0 Å². The number of carbonyl (C=O) groups is 1. The van der Waals surface area contributed by atoms with Crippen molar-refractivity contribution in [3.8, 4) is 0 Å². The van der Waals surface area contributed by atoms with Crippen molar-refractivity contribution in [1.29, 1.82) is 0 Å². The maximum atomic E-state index is 11.0. The number of alkyl halides is 5. The number of halogens is 5. The van der Waals surface area contributed by atoms with Crippen LogP contribution in [0.25, 0.3) is 0 Å². The SMILES string of the molecule is CC(C(=O)O)C(Cl)C(Cl)C(Cl)C(Cl)CCCCCCCCCCCCCl. The predicted molar refractivity (Wildman–Crippen MR) is 117 cm³/mol. The zero-order chi connectivity index (χ0) is 19.9. The number of carboxylic acids is 1. The topological polar surface area (TPSA) is 37.3 Å². The van der Waals surface area contributed by atoms with E-state index in [1.54, 1.807) is 0 Å². The first kappa shape index (κ1) is 26.9. The first-order chi connectivity index (χ1) is 12.3. The summed E-state index contributed by atoms with van der Waals surface area (Å²) in [5.74, 6) is -0.969. The van der Waals surface area contributed by atoms with Crippen molar-refractivity contribution >= 4 is 64.0 Å². The summed E-state index contributed by atoms with van der Waals surface area (Å²) < 4.78 is 0. The van der Waals surface area contributed by atoms with Crippen LogP contribution in [0.5, 0.6) is 0 Å². The first-order valence-corrected chi connectivity index (χ1v) is 12.0. The lowest BCUT2D eigenvalue weighted by Gasteiger charge is -2.26. The minimum Gasteiger partial charge on any atom is -0.481 e. The molecular formula is C19H33Cl5O2. The van der Waals surface area contributed by atoms with Crippen molar-refractivity contribution in [2.75, 3.05) is 5.88 Å². The highest BCUT2D eigenvalue weighted by molar-refractivity contribution is 6.38. The summed E-state index contributed by atoms with van der Waals surface area (Å²) in [5.41, 5.74) is 0. The van der Waals surface area contributed by atoms with Crippen LogP contribution in [0, 0.1) is 5.92 Å². The van der Waals surface area contributed by atoms with Crippen molar-refractivity contribution in [1.82, 2.24) is 0 Å². The van der Waals surface area contributed by atoms with Crippen LogP contribution >= 0.6 is 58.0 Å². The third-order valence-electron chi connectivity index (χ3n) is 4.68. The van der Waals surface area contributed by atoms with E-state index < -0.39 is 28.0 Å². The summed E-state index contributed by atoms with van der Waals surface area (Å²) >= 11 is 30.7. The largest absolute Gasteiger partial charge is 0.481 e. The summed E-state index contributed by atoms with van der Waals surface area (Å²) in [6.07, 6.45) is 12.9. The maximum absolute atomic E-state index is 11.0. The van der Waals surface area contributed by atoms with Gasteiger partial charge in [-0.1, -0.05) is 64.7 Å². The highest BCUT2D eigenvalue weighted by atomic mass is 35.5. The highest BCUT2D eigenvalue weighted by Crippen LogP contribution is 2.30. The number of aliphatic carboxylic acids is 1. The number of hydrogen-bond acceptors (Lipinski definition) is 1. The van der Waals surface area contributed by atoms with Gasteiger partial charge < -0.3 is 5.11 Å². The van der Waals surface area contributed by atoms with Crippen molar-refractivity contribution in [2.45, 2.75) is 99.1 Å². The lowest BCUT2D eigenvalue weighted by Crippen LogP contribution is -2.38. The van der Waals surface area contributed by atoms with Gasteiger partial charge in [0, 0.05) is 5.88 Å². The summed E-state index contributed by atoms with van der Waals surface area (Å²) in [4.78, 5) is 11.0. The molecule has 0 aromatic carbocycles. The van der Waals surface area contributed by atoms with Crippen LogP contribution in [-0.4, -0.2) is 38.5 Å². The fraction of sp³-hybridized carbons (Fsp3) is 0.947. The quantitative estimate of drug-likeness (QED) is 0.175. The van der Waals surface area contributed by atoms with Crippen LogP contribution in [0.4, 0.5) is 0 Å². The Morgan fingerprint density at radius 1 is 0.731 bits per heavy atom. The van der Waals surface area contributed by atoms with Gasteiger partial charge in [-0.2, -0.15) is 0 Å². The fourth-order valence-electron chi connectivity index (χ4n) is 2.79. The molecule has 0 saturated carbocycles. The van der Waals surface area contributed by atoms with Crippen LogP contribution in [0.1, 0.15) is 77.6 Å². The van der Waals surface area contributed by atoms with Crippen LogP contribution in [0.3, 0.4) is 0 Å². The van der Waals surface area contributed by atoms with Gasteiger partial charge in [-0.3, -0.25) is 4.79 Å². The number of unbranched alkanes of at least 4 members (excludes halogenated alkanes) is 9. The molecule has 2 nitrogen and oxygen atoms in total. The Bertz CT molecular complexity index is 357. The molecule has 26 heavy (non-hydrogen) atoms. The third-order valence-corrected chi connectivity index (χ3v) is 7.60. The van der Waals surface area contributed by atoms with Gasteiger partial charge in [-0.05, 0) is 12.8 Å². The Morgan fingerprint density at radius 3 is 1.58 bits per heavy atom. The van der Waals surface area contributed by atoms with Gasteiger partial charge in [0.15, 0.2) is 0 Å². The molecule has 0 aromatic heterocycles. The Balaban J connectivity index is 3.75. The van der Waals surface area contributed by atoms with Crippen LogP contribution in [0.15, 0.2) is 0 Å². The van der Waals surface area contributed by atoms with Crippen molar-refractivity contribution < 1.29 is 9.90 Å². The van der Waals surface area contributed by atoms with Gasteiger partial charge in [0.25, 0.3) is 0 Å². The minimum absolute atomic E-state index is 0.302. The van der Waals surface area contributed by atoms with Gasteiger partial charge >= 0.3 is 5.97 Å². The molecule has 0 rings (SSSR count). The molecule has 5 unspecified atom stereocenters. The normalized spacial score (nSPS) is 17.5. The molecule has 0 radical (unpaired) electrons. The van der Waals surface area contributed by atoms with E-state index in [0.29, 0.717) is 0 Å². The Hall–Kier alpha value is 0.920. The third kappa shape index (κ3) is 12.4. The standard InChI is InChI=1S/C19H33Cl5O2/c1-14(19(25)26)16(22)18(24)17(23)15(21)12-10-8-6-4-2-3-5-7-9-11-13-20/h14-18H,2-13H2,1H3,(H,25,26). The first-order valence-electron chi connectivity index (χ1n) is 9.68.